The molecule has 1 aromatic rings. The molecule has 20 heavy (non-hydrogen) atoms. The molecule has 0 aliphatic carbocycles. The van der Waals surface area contributed by atoms with Crippen LogP contribution in [-0.4, -0.2) is 29.3 Å². The molecule has 2 N–H and O–H groups in total. The van der Waals surface area contributed by atoms with Gasteiger partial charge in [0, 0.05) is 23.5 Å². The summed E-state index contributed by atoms with van der Waals surface area (Å²) in [5, 5.41) is 0. The Balaban J connectivity index is 2.03. The van der Waals surface area contributed by atoms with Gasteiger partial charge in [0.05, 0.1) is 10.3 Å². The van der Waals surface area contributed by atoms with Crippen molar-refractivity contribution in [1.29, 1.82) is 0 Å². The third-order valence-electron chi connectivity index (χ3n) is 3.55. The van der Waals surface area contributed by atoms with E-state index in [9.17, 15) is 9.59 Å². The van der Waals surface area contributed by atoms with Crippen molar-refractivity contribution in [2.75, 3.05) is 6.54 Å². The normalized spacial score (nSPS) is 23.2. The van der Waals surface area contributed by atoms with Crippen LogP contribution >= 0.6 is 22.9 Å². The zero-order chi connectivity index (χ0) is 14.7. The molecule has 0 saturated carbocycles. The first-order chi connectivity index (χ1) is 9.47. The first kappa shape index (κ1) is 15.1. The SMILES string of the molecule is C[C@@H]1CC[C@@H](C(N)=O)CN1C(=O)/C=C/c1ccc(Cl)s1. The Morgan fingerprint density at radius 3 is 2.80 bits per heavy atom. The molecule has 2 heterocycles. The number of thiophene rings is 1. The van der Waals surface area contributed by atoms with E-state index >= 15 is 0 Å². The number of likely N-dealkylation sites (tertiary alicyclic amines) is 1. The lowest BCUT2D eigenvalue weighted by Gasteiger charge is -2.36. The maximum absolute atomic E-state index is 12.2. The molecule has 2 atom stereocenters. The van der Waals surface area contributed by atoms with Crippen molar-refractivity contribution >= 4 is 40.8 Å². The summed E-state index contributed by atoms with van der Waals surface area (Å²) in [7, 11) is 0. The Bertz CT molecular complexity index is 541. The predicted molar refractivity (Wildman–Crippen MR) is 81.5 cm³/mol. The number of amides is 2. The van der Waals surface area contributed by atoms with Gasteiger partial charge in [-0.15, -0.1) is 11.3 Å². The average Bonchev–Trinajstić information content (AvgIpc) is 2.82. The Morgan fingerprint density at radius 1 is 1.45 bits per heavy atom. The summed E-state index contributed by atoms with van der Waals surface area (Å²) in [6, 6.07) is 3.79. The molecule has 1 aliphatic rings. The molecule has 6 heteroatoms. The Hall–Kier alpha value is -1.33. The van der Waals surface area contributed by atoms with Crippen molar-refractivity contribution in [3.63, 3.8) is 0 Å². The minimum absolute atomic E-state index is 0.0898. The van der Waals surface area contributed by atoms with Crippen LogP contribution < -0.4 is 5.73 Å². The molecule has 1 aromatic heterocycles. The second-order valence-corrected chi connectivity index (χ2v) is 6.74. The zero-order valence-electron chi connectivity index (χ0n) is 11.2. The summed E-state index contributed by atoms with van der Waals surface area (Å²) in [5.41, 5.74) is 5.33. The molecule has 1 aliphatic heterocycles. The van der Waals surface area contributed by atoms with E-state index in [0.29, 0.717) is 10.9 Å². The molecule has 0 unspecified atom stereocenters. The van der Waals surface area contributed by atoms with Crippen LogP contribution in [0.1, 0.15) is 24.6 Å². The number of nitrogens with zero attached hydrogens (tertiary/aromatic N) is 1. The van der Waals surface area contributed by atoms with Crippen LogP contribution in [0, 0.1) is 5.92 Å². The second kappa shape index (κ2) is 6.41. The molecule has 0 aromatic carbocycles. The largest absolute Gasteiger partial charge is 0.369 e. The van der Waals surface area contributed by atoms with Crippen molar-refractivity contribution < 1.29 is 9.59 Å². The molecule has 108 valence electrons. The number of carbonyl (C=O) groups excluding carboxylic acids is 2. The summed E-state index contributed by atoms with van der Waals surface area (Å²) in [6.45, 7) is 2.40. The maximum atomic E-state index is 12.2. The maximum Gasteiger partial charge on any atom is 0.246 e. The second-order valence-electron chi connectivity index (χ2n) is 4.99. The van der Waals surface area contributed by atoms with Gasteiger partial charge in [-0.3, -0.25) is 9.59 Å². The number of carbonyl (C=O) groups is 2. The van der Waals surface area contributed by atoms with Gasteiger partial charge in [-0.05, 0) is 38.0 Å². The lowest BCUT2D eigenvalue weighted by molar-refractivity contribution is -0.133. The van der Waals surface area contributed by atoms with Crippen molar-refractivity contribution in [1.82, 2.24) is 4.90 Å². The lowest BCUT2D eigenvalue weighted by Crippen LogP contribution is -2.48. The van der Waals surface area contributed by atoms with Crippen molar-refractivity contribution in [2.45, 2.75) is 25.8 Å². The van der Waals surface area contributed by atoms with Crippen LogP contribution in [0.3, 0.4) is 0 Å². The molecule has 2 amide bonds. The van der Waals surface area contributed by atoms with Gasteiger partial charge in [0.25, 0.3) is 0 Å². The summed E-state index contributed by atoms with van der Waals surface area (Å²) < 4.78 is 0.692. The number of halogens is 1. The topological polar surface area (TPSA) is 63.4 Å². The number of piperidine rings is 1. The van der Waals surface area contributed by atoms with E-state index in [4.69, 9.17) is 17.3 Å². The average molecular weight is 313 g/mol. The van der Waals surface area contributed by atoms with Gasteiger partial charge in [0.2, 0.25) is 11.8 Å². The van der Waals surface area contributed by atoms with E-state index < -0.39 is 0 Å². The fourth-order valence-corrected chi connectivity index (χ4v) is 3.28. The third kappa shape index (κ3) is 3.61. The van der Waals surface area contributed by atoms with E-state index in [-0.39, 0.29) is 23.8 Å². The van der Waals surface area contributed by atoms with Gasteiger partial charge in [-0.2, -0.15) is 0 Å². The predicted octanol–water partition coefficient (Wildman–Crippen LogP) is 2.53. The minimum atomic E-state index is -0.330. The highest BCUT2D eigenvalue weighted by Crippen LogP contribution is 2.24. The van der Waals surface area contributed by atoms with Gasteiger partial charge in [-0.25, -0.2) is 0 Å². The fraction of sp³-hybridized carbons (Fsp3) is 0.429. The molecule has 1 fully saturated rings. The highest BCUT2D eigenvalue weighted by atomic mass is 35.5. The number of hydrogen-bond donors (Lipinski definition) is 1. The van der Waals surface area contributed by atoms with E-state index in [1.165, 1.54) is 17.4 Å². The molecular weight excluding hydrogens is 296 g/mol. The zero-order valence-corrected chi connectivity index (χ0v) is 12.8. The Kier molecular flexibility index (Phi) is 4.83. The molecular formula is C14H17ClN2O2S. The Labute approximate surface area is 127 Å². The lowest BCUT2D eigenvalue weighted by atomic mass is 9.93. The fourth-order valence-electron chi connectivity index (χ4n) is 2.31. The number of primary amides is 1. The number of rotatable bonds is 3. The highest BCUT2D eigenvalue weighted by molar-refractivity contribution is 7.17. The van der Waals surface area contributed by atoms with E-state index in [0.717, 1.165) is 17.7 Å². The van der Waals surface area contributed by atoms with Crippen LogP contribution in [0.25, 0.3) is 6.08 Å². The van der Waals surface area contributed by atoms with Gasteiger partial charge >= 0.3 is 0 Å². The smallest absolute Gasteiger partial charge is 0.246 e. The van der Waals surface area contributed by atoms with Crippen LogP contribution in [0.15, 0.2) is 18.2 Å². The van der Waals surface area contributed by atoms with E-state index in [1.54, 1.807) is 17.0 Å². The first-order valence-corrected chi connectivity index (χ1v) is 7.70. The van der Waals surface area contributed by atoms with Gasteiger partial charge in [0.15, 0.2) is 0 Å². The number of hydrogen-bond acceptors (Lipinski definition) is 3. The summed E-state index contributed by atoms with van der Waals surface area (Å²) in [6.07, 6.45) is 4.84. The summed E-state index contributed by atoms with van der Waals surface area (Å²) in [5.74, 6) is -0.656. The quantitative estimate of drug-likeness (QED) is 0.872. The minimum Gasteiger partial charge on any atom is -0.369 e. The molecule has 0 spiro atoms. The van der Waals surface area contributed by atoms with Crippen molar-refractivity contribution in [2.24, 2.45) is 11.7 Å². The standard InChI is InChI=1S/C14H17ClN2O2S/c1-9-2-3-10(14(16)19)8-17(9)13(18)7-5-11-4-6-12(15)20-11/h4-7,9-10H,2-3,8H2,1H3,(H2,16,19)/b7-5+/t9-,10-/m1/s1. The van der Waals surface area contributed by atoms with Crippen LogP contribution in [0.2, 0.25) is 4.34 Å². The van der Waals surface area contributed by atoms with Crippen molar-refractivity contribution in [3.05, 3.63) is 27.4 Å². The Morgan fingerprint density at radius 2 is 2.20 bits per heavy atom. The number of nitrogens with two attached hydrogens (primary N) is 1. The van der Waals surface area contributed by atoms with Crippen LogP contribution in [-0.2, 0) is 9.59 Å². The highest BCUT2D eigenvalue weighted by Gasteiger charge is 2.30. The first-order valence-electron chi connectivity index (χ1n) is 6.50. The third-order valence-corrected chi connectivity index (χ3v) is 4.75. The van der Waals surface area contributed by atoms with Gasteiger partial charge < -0.3 is 10.6 Å². The van der Waals surface area contributed by atoms with Crippen molar-refractivity contribution in [3.8, 4) is 0 Å². The summed E-state index contributed by atoms with van der Waals surface area (Å²) in [4.78, 5) is 26.1. The molecule has 2 rings (SSSR count). The van der Waals surface area contributed by atoms with Crippen LogP contribution in [0.5, 0.6) is 0 Å². The molecule has 0 bridgehead atoms. The monoisotopic (exact) mass is 312 g/mol. The summed E-state index contributed by atoms with van der Waals surface area (Å²) >= 11 is 7.26. The molecule has 0 radical (unpaired) electrons. The van der Waals surface area contributed by atoms with Gasteiger partial charge in [-0.1, -0.05) is 11.6 Å². The van der Waals surface area contributed by atoms with Crippen LogP contribution in [0.4, 0.5) is 0 Å². The molecule has 1 saturated heterocycles. The van der Waals surface area contributed by atoms with E-state index in [2.05, 4.69) is 0 Å². The van der Waals surface area contributed by atoms with Gasteiger partial charge in [0.1, 0.15) is 0 Å². The molecule has 4 nitrogen and oxygen atoms in total. The van der Waals surface area contributed by atoms with E-state index in [1.807, 2.05) is 13.0 Å².